The highest BCUT2D eigenvalue weighted by Gasteiger charge is 2.20. The van der Waals surface area contributed by atoms with Crippen molar-refractivity contribution >= 4 is 15.9 Å². The first-order chi connectivity index (χ1) is 8.33. The molecule has 0 aliphatic rings. The molecule has 0 saturated heterocycles. The number of hydrogen-bond donors (Lipinski definition) is 3. The Morgan fingerprint density at radius 2 is 1.89 bits per heavy atom. The molecule has 6 nitrogen and oxygen atoms in total. The number of nitrogens with two attached hydrogens (primary N) is 2. The van der Waals surface area contributed by atoms with Crippen LogP contribution in [-0.4, -0.2) is 26.6 Å². The third kappa shape index (κ3) is 4.44. The Kier molecular flexibility index (Phi) is 4.83. The summed E-state index contributed by atoms with van der Waals surface area (Å²) in [6, 6.07) is 6.28. The van der Waals surface area contributed by atoms with Gasteiger partial charge < -0.3 is 11.5 Å². The molecule has 0 aromatic heterocycles. The van der Waals surface area contributed by atoms with Crippen LogP contribution >= 0.6 is 0 Å². The predicted molar refractivity (Wildman–Crippen MR) is 69.0 cm³/mol. The molecule has 0 heterocycles. The quantitative estimate of drug-likeness (QED) is 0.621. The second-order valence-corrected chi connectivity index (χ2v) is 5.80. The lowest BCUT2D eigenvalue weighted by molar-refractivity contribution is -0.119. The molecule has 100 valence electrons. The van der Waals surface area contributed by atoms with Crippen molar-refractivity contribution in [2.24, 2.45) is 11.5 Å². The molecule has 0 fully saturated rings. The first-order valence-electron chi connectivity index (χ1n) is 5.37. The van der Waals surface area contributed by atoms with Gasteiger partial charge in [0.25, 0.3) is 0 Å². The third-order valence-corrected chi connectivity index (χ3v) is 3.17. The number of rotatable bonds is 6. The van der Waals surface area contributed by atoms with Gasteiger partial charge in [0.15, 0.2) is 0 Å². The van der Waals surface area contributed by atoms with Gasteiger partial charge in [0.1, 0.15) is 6.04 Å². The number of carbonyl (C=O) groups is 1. The molecule has 0 aliphatic carbocycles. The number of nitrogens with one attached hydrogen (secondary N) is 1. The van der Waals surface area contributed by atoms with Crippen molar-refractivity contribution in [1.82, 2.24) is 4.72 Å². The van der Waals surface area contributed by atoms with Crippen LogP contribution in [0.25, 0.3) is 0 Å². The van der Waals surface area contributed by atoms with Gasteiger partial charge in [-0.15, -0.1) is 0 Å². The lowest BCUT2D eigenvalue weighted by Gasteiger charge is -2.15. The maximum Gasteiger partial charge on any atom is 0.235 e. The van der Waals surface area contributed by atoms with E-state index < -0.39 is 22.0 Å². The summed E-state index contributed by atoms with van der Waals surface area (Å²) in [4.78, 5) is 11.2. The summed E-state index contributed by atoms with van der Waals surface area (Å²) >= 11 is 0. The first-order valence-corrected chi connectivity index (χ1v) is 7.26. The Hall–Kier alpha value is -1.44. The Balaban J connectivity index is 2.93. The minimum atomic E-state index is -3.49. The fraction of sp³-hybridized carbons (Fsp3) is 0.364. The summed E-state index contributed by atoms with van der Waals surface area (Å²) < 4.78 is 24.5. The minimum absolute atomic E-state index is 0.190. The highest BCUT2D eigenvalue weighted by molar-refractivity contribution is 7.88. The lowest BCUT2D eigenvalue weighted by Crippen LogP contribution is -2.45. The van der Waals surface area contributed by atoms with Crippen molar-refractivity contribution in [1.29, 1.82) is 0 Å². The van der Waals surface area contributed by atoms with Crippen molar-refractivity contribution in [2.75, 3.05) is 6.26 Å². The fourth-order valence-corrected chi connectivity index (χ4v) is 2.35. The molecule has 1 aromatic carbocycles. The average molecular weight is 271 g/mol. The normalized spacial score (nSPS) is 13.2. The molecule has 18 heavy (non-hydrogen) atoms. The topological polar surface area (TPSA) is 115 Å². The van der Waals surface area contributed by atoms with Crippen LogP contribution in [0.1, 0.15) is 11.1 Å². The van der Waals surface area contributed by atoms with Crippen LogP contribution in [0.5, 0.6) is 0 Å². The van der Waals surface area contributed by atoms with Crippen molar-refractivity contribution in [3.8, 4) is 0 Å². The zero-order valence-electron chi connectivity index (χ0n) is 10.1. The summed E-state index contributed by atoms with van der Waals surface area (Å²) in [5, 5.41) is 0. The molecule has 1 amide bonds. The Morgan fingerprint density at radius 1 is 1.33 bits per heavy atom. The van der Waals surface area contributed by atoms with E-state index in [4.69, 9.17) is 11.5 Å². The van der Waals surface area contributed by atoms with E-state index in [-0.39, 0.29) is 6.42 Å². The van der Waals surface area contributed by atoms with Crippen molar-refractivity contribution in [3.05, 3.63) is 35.4 Å². The highest BCUT2D eigenvalue weighted by atomic mass is 32.2. The number of hydrogen-bond acceptors (Lipinski definition) is 4. The van der Waals surface area contributed by atoms with Crippen LogP contribution < -0.4 is 16.2 Å². The predicted octanol–water partition coefficient (Wildman–Crippen LogP) is -0.909. The van der Waals surface area contributed by atoms with Gasteiger partial charge in [0, 0.05) is 6.54 Å². The molecule has 7 heteroatoms. The molecule has 0 spiro atoms. The van der Waals surface area contributed by atoms with E-state index >= 15 is 0 Å². The van der Waals surface area contributed by atoms with Gasteiger partial charge >= 0.3 is 0 Å². The van der Waals surface area contributed by atoms with Gasteiger partial charge in [-0.2, -0.15) is 0 Å². The van der Waals surface area contributed by atoms with Crippen LogP contribution in [0.3, 0.4) is 0 Å². The van der Waals surface area contributed by atoms with Crippen LogP contribution in [0, 0.1) is 0 Å². The van der Waals surface area contributed by atoms with E-state index in [1.54, 1.807) is 12.1 Å². The Morgan fingerprint density at radius 3 is 2.33 bits per heavy atom. The van der Waals surface area contributed by atoms with Crippen LogP contribution in [0.2, 0.25) is 0 Å². The number of amides is 1. The Bertz CT molecular complexity index is 528. The zero-order valence-corrected chi connectivity index (χ0v) is 10.9. The second kappa shape index (κ2) is 5.94. The molecular weight excluding hydrogens is 254 g/mol. The van der Waals surface area contributed by atoms with E-state index in [2.05, 4.69) is 4.72 Å². The SMILES string of the molecule is CS(=O)(=O)N[C@@H](Cc1ccccc1CN)C(N)=O. The molecule has 1 rings (SSSR count). The molecule has 0 saturated carbocycles. The number of primary amides is 1. The molecule has 1 atom stereocenters. The van der Waals surface area contributed by atoms with Crippen LogP contribution in [0.4, 0.5) is 0 Å². The molecule has 0 bridgehead atoms. The monoisotopic (exact) mass is 271 g/mol. The lowest BCUT2D eigenvalue weighted by atomic mass is 10.0. The molecule has 0 aliphatic heterocycles. The smallest absolute Gasteiger partial charge is 0.235 e. The number of benzene rings is 1. The van der Waals surface area contributed by atoms with Gasteiger partial charge in [-0.1, -0.05) is 24.3 Å². The standard InChI is InChI=1S/C11H17N3O3S/c1-18(16,17)14-10(11(13)15)6-8-4-2-3-5-9(8)7-12/h2-5,10,14H,6-7,12H2,1H3,(H2,13,15)/t10-/m0/s1. The van der Waals surface area contributed by atoms with E-state index in [1.807, 2.05) is 12.1 Å². The van der Waals surface area contributed by atoms with E-state index in [0.717, 1.165) is 17.4 Å². The average Bonchev–Trinajstić information content (AvgIpc) is 2.27. The summed E-state index contributed by atoms with van der Waals surface area (Å²) in [6.45, 7) is 0.320. The van der Waals surface area contributed by atoms with Gasteiger partial charge in [-0.3, -0.25) is 4.79 Å². The van der Waals surface area contributed by atoms with Crippen molar-refractivity contribution in [2.45, 2.75) is 19.0 Å². The maximum absolute atomic E-state index is 11.2. The van der Waals surface area contributed by atoms with Crippen LogP contribution in [0.15, 0.2) is 24.3 Å². The number of sulfonamides is 1. The Labute approximate surface area is 106 Å². The third-order valence-electron chi connectivity index (χ3n) is 2.46. The summed E-state index contributed by atoms with van der Waals surface area (Å²) in [5.74, 6) is -0.716. The summed E-state index contributed by atoms with van der Waals surface area (Å²) in [6.07, 6.45) is 1.17. The van der Waals surface area contributed by atoms with Gasteiger partial charge in [-0.05, 0) is 17.5 Å². The van der Waals surface area contributed by atoms with Gasteiger partial charge in [0.2, 0.25) is 15.9 Å². The van der Waals surface area contributed by atoms with Crippen molar-refractivity contribution in [3.63, 3.8) is 0 Å². The summed E-state index contributed by atoms with van der Waals surface area (Å²) in [5.41, 5.74) is 12.4. The van der Waals surface area contributed by atoms with Crippen molar-refractivity contribution < 1.29 is 13.2 Å². The molecule has 0 radical (unpaired) electrons. The van der Waals surface area contributed by atoms with E-state index in [9.17, 15) is 13.2 Å². The molecular formula is C11H17N3O3S. The second-order valence-electron chi connectivity index (χ2n) is 4.02. The first kappa shape index (κ1) is 14.6. The van der Waals surface area contributed by atoms with E-state index in [1.165, 1.54) is 0 Å². The fourth-order valence-electron chi connectivity index (χ4n) is 1.63. The maximum atomic E-state index is 11.2. The molecule has 5 N–H and O–H groups in total. The number of carbonyl (C=O) groups excluding carboxylic acids is 1. The molecule has 1 aromatic rings. The minimum Gasteiger partial charge on any atom is -0.368 e. The highest BCUT2D eigenvalue weighted by Crippen LogP contribution is 2.11. The largest absolute Gasteiger partial charge is 0.368 e. The molecule has 0 unspecified atom stereocenters. The summed E-state index contributed by atoms with van der Waals surface area (Å²) in [7, 11) is -3.49. The van der Waals surface area contributed by atoms with Gasteiger partial charge in [-0.25, -0.2) is 13.1 Å². The van der Waals surface area contributed by atoms with E-state index in [0.29, 0.717) is 6.54 Å². The van der Waals surface area contributed by atoms with Crippen LogP contribution in [-0.2, 0) is 27.8 Å². The van der Waals surface area contributed by atoms with Gasteiger partial charge in [0.05, 0.1) is 6.26 Å². The zero-order chi connectivity index (χ0) is 13.8.